The van der Waals surface area contributed by atoms with Gasteiger partial charge in [-0.25, -0.2) is 0 Å². The van der Waals surface area contributed by atoms with Gasteiger partial charge in [-0.2, -0.15) is 0 Å². The minimum atomic E-state index is -0.123. The number of ether oxygens (including phenoxy) is 2. The Hall–Kier alpha value is -3.47. The average Bonchev–Trinajstić information content (AvgIpc) is 2.69. The van der Waals surface area contributed by atoms with E-state index >= 15 is 0 Å². The second kappa shape index (κ2) is 8.76. The van der Waals surface area contributed by atoms with Crippen molar-refractivity contribution >= 4 is 17.3 Å². The molecule has 0 unspecified atom stereocenters. The van der Waals surface area contributed by atoms with Crippen LogP contribution >= 0.6 is 0 Å². The van der Waals surface area contributed by atoms with Crippen LogP contribution in [0.2, 0.25) is 0 Å². The van der Waals surface area contributed by atoms with Crippen LogP contribution in [-0.4, -0.2) is 31.5 Å². The summed E-state index contributed by atoms with van der Waals surface area (Å²) in [5.74, 6) is 1.62. The first-order chi connectivity index (χ1) is 13.1. The lowest BCUT2D eigenvalue weighted by Crippen LogP contribution is -2.27. The number of nitrogens with one attached hydrogen (secondary N) is 1. The number of anilines is 2. The van der Waals surface area contributed by atoms with E-state index in [1.165, 1.54) is 4.90 Å². The van der Waals surface area contributed by atoms with E-state index in [2.05, 4.69) is 5.32 Å². The summed E-state index contributed by atoms with van der Waals surface area (Å²) in [7, 11) is 3.39. The van der Waals surface area contributed by atoms with Crippen LogP contribution in [-0.2, 0) is 4.79 Å². The predicted molar refractivity (Wildman–Crippen MR) is 107 cm³/mol. The highest BCUT2D eigenvalue weighted by atomic mass is 16.5. The highest BCUT2D eigenvalue weighted by Crippen LogP contribution is 2.35. The van der Waals surface area contributed by atoms with E-state index in [1.54, 1.807) is 14.1 Å². The maximum Gasteiger partial charge on any atom is 0.259 e. The quantitative estimate of drug-likeness (QED) is 0.662. The lowest BCUT2D eigenvalue weighted by Gasteiger charge is -2.16. The van der Waals surface area contributed by atoms with Crippen LogP contribution in [0.3, 0.4) is 0 Å². The number of carbonyl (C=O) groups excluding carboxylic acids is 1. The van der Waals surface area contributed by atoms with Gasteiger partial charge in [0.2, 0.25) is 0 Å². The zero-order chi connectivity index (χ0) is 19.1. The molecule has 0 aromatic heterocycles. The molecule has 1 amide bonds. The Morgan fingerprint density at radius 2 is 1.52 bits per heavy atom. The van der Waals surface area contributed by atoms with Crippen molar-refractivity contribution in [2.45, 2.75) is 0 Å². The first kappa shape index (κ1) is 18.3. The van der Waals surface area contributed by atoms with E-state index in [4.69, 9.17) is 9.47 Å². The number of para-hydroxylation sites is 2. The van der Waals surface area contributed by atoms with E-state index in [0.29, 0.717) is 17.2 Å². The summed E-state index contributed by atoms with van der Waals surface area (Å²) >= 11 is 0. The predicted octanol–water partition coefficient (Wildman–Crippen LogP) is 4.69. The first-order valence-corrected chi connectivity index (χ1v) is 8.64. The molecular formula is C22H22N2O3. The summed E-state index contributed by atoms with van der Waals surface area (Å²) in [6.45, 7) is -0.0626. The lowest BCUT2D eigenvalue weighted by molar-refractivity contribution is -0.130. The molecule has 0 atom stereocenters. The van der Waals surface area contributed by atoms with Gasteiger partial charge in [-0.15, -0.1) is 0 Å². The SMILES string of the molecule is CN(C)C(=O)COc1cc(Nc2ccccc2)ccc1Oc1ccccc1. The molecule has 0 radical (unpaired) electrons. The molecule has 0 heterocycles. The number of hydrogen-bond acceptors (Lipinski definition) is 4. The molecule has 0 aliphatic heterocycles. The summed E-state index contributed by atoms with van der Waals surface area (Å²) in [5, 5.41) is 3.31. The van der Waals surface area contributed by atoms with Crippen molar-refractivity contribution in [3.63, 3.8) is 0 Å². The molecule has 5 nitrogen and oxygen atoms in total. The van der Waals surface area contributed by atoms with Crippen molar-refractivity contribution in [2.75, 3.05) is 26.0 Å². The molecule has 3 aromatic carbocycles. The Kier molecular flexibility index (Phi) is 5.94. The third-order valence-electron chi connectivity index (χ3n) is 3.83. The minimum Gasteiger partial charge on any atom is -0.480 e. The normalized spacial score (nSPS) is 10.1. The Morgan fingerprint density at radius 3 is 2.19 bits per heavy atom. The topological polar surface area (TPSA) is 50.8 Å². The molecule has 138 valence electrons. The number of nitrogens with zero attached hydrogens (tertiary/aromatic N) is 1. The van der Waals surface area contributed by atoms with Gasteiger partial charge in [0, 0.05) is 31.5 Å². The standard InChI is InChI=1S/C22H22N2O3/c1-24(2)22(25)16-26-21-15-18(23-17-9-5-3-6-10-17)13-14-20(21)27-19-11-7-4-8-12-19/h3-15,23H,16H2,1-2H3. The van der Waals surface area contributed by atoms with Gasteiger partial charge >= 0.3 is 0 Å². The van der Waals surface area contributed by atoms with E-state index in [-0.39, 0.29) is 12.5 Å². The van der Waals surface area contributed by atoms with Crippen molar-refractivity contribution in [3.8, 4) is 17.2 Å². The van der Waals surface area contributed by atoms with E-state index < -0.39 is 0 Å². The number of benzene rings is 3. The van der Waals surface area contributed by atoms with Crippen LogP contribution in [0, 0.1) is 0 Å². The first-order valence-electron chi connectivity index (χ1n) is 8.64. The summed E-state index contributed by atoms with van der Waals surface area (Å²) in [6.07, 6.45) is 0. The second-order valence-electron chi connectivity index (χ2n) is 6.14. The van der Waals surface area contributed by atoms with Crippen molar-refractivity contribution < 1.29 is 14.3 Å². The van der Waals surface area contributed by atoms with Gasteiger partial charge in [-0.05, 0) is 36.4 Å². The summed E-state index contributed by atoms with van der Waals surface area (Å²) in [6, 6.07) is 24.9. The van der Waals surface area contributed by atoms with Crippen molar-refractivity contribution in [1.29, 1.82) is 0 Å². The van der Waals surface area contributed by atoms with Crippen LogP contribution in [0.5, 0.6) is 17.2 Å². The van der Waals surface area contributed by atoms with Gasteiger partial charge in [0.1, 0.15) is 5.75 Å². The minimum absolute atomic E-state index is 0.0626. The summed E-state index contributed by atoms with van der Waals surface area (Å²) in [5.41, 5.74) is 1.80. The smallest absolute Gasteiger partial charge is 0.259 e. The molecule has 0 bridgehead atoms. The molecule has 1 N–H and O–H groups in total. The molecule has 0 saturated heterocycles. The molecular weight excluding hydrogens is 340 g/mol. The molecule has 0 spiro atoms. The molecule has 5 heteroatoms. The average molecular weight is 362 g/mol. The maximum absolute atomic E-state index is 11.9. The van der Waals surface area contributed by atoms with E-state index in [9.17, 15) is 4.79 Å². The number of rotatable bonds is 7. The molecule has 3 rings (SSSR count). The van der Waals surface area contributed by atoms with Crippen LogP contribution in [0.1, 0.15) is 0 Å². The van der Waals surface area contributed by atoms with Gasteiger partial charge < -0.3 is 19.7 Å². The Labute approximate surface area is 159 Å². The van der Waals surface area contributed by atoms with Gasteiger partial charge in [0.15, 0.2) is 18.1 Å². The fraction of sp³-hybridized carbons (Fsp3) is 0.136. The van der Waals surface area contributed by atoms with Gasteiger partial charge in [-0.3, -0.25) is 4.79 Å². The zero-order valence-corrected chi connectivity index (χ0v) is 15.4. The van der Waals surface area contributed by atoms with Crippen LogP contribution in [0.4, 0.5) is 11.4 Å². The Morgan fingerprint density at radius 1 is 0.852 bits per heavy atom. The summed E-state index contributed by atoms with van der Waals surface area (Å²) < 4.78 is 11.7. The molecule has 0 aliphatic carbocycles. The molecule has 3 aromatic rings. The fourth-order valence-electron chi connectivity index (χ4n) is 2.36. The largest absolute Gasteiger partial charge is 0.480 e. The third kappa shape index (κ3) is 5.25. The Balaban J connectivity index is 1.83. The molecule has 27 heavy (non-hydrogen) atoms. The third-order valence-corrected chi connectivity index (χ3v) is 3.83. The van der Waals surface area contributed by atoms with E-state index in [1.807, 2.05) is 78.9 Å². The van der Waals surface area contributed by atoms with Crippen molar-refractivity contribution in [2.24, 2.45) is 0 Å². The molecule has 0 fully saturated rings. The highest BCUT2D eigenvalue weighted by molar-refractivity contribution is 5.77. The number of likely N-dealkylation sites (N-methyl/N-ethyl adjacent to an activating group) is 1. The van der Waals surface area contributed by atoms with Crippen molar-refractivity contribution in [3.05, 3.63) is 78.9 Å². The number of hydrogen-bond donors (Lipinski definition) is 1. The highest BCUT2D eigenvalue weighted by Gasteiger charge is 2.12. The van der Waals surface area contributed by atoms with Crippen molar-refractivity contribution in [1.82, 2.24) is 4.90 Å². The second-order valence-corrected chi connectivity index (χ2v) is 6.14. The lowest BCUT2D eigenvalue weighted by atomic mass is 10.2. The molecule has 0 saturated carbocycles. The van der Waals surface area contributed by atoms with Crippen LogP contribution in [0.25, 0.3) is 0 Å². The summed E-state index contributed by atoms with van der Waals surface area (Å²) in [4.78, 5) is 13.4. The number of carbonyl (C=O) groups is 1. The fourth-order valence-corrected chi connectivity index (χ4v) is 2.36. The van der Waals surface area contributed by atoms with E-state index in [0.717, 1.165) is 11.4 Å². The Bertz CT molecular complexity index is 881. The van der Waals surface area contributed by atoms with Gasteiger partial charge in [0.25, 0.3) is 5.91 Å². The van der Waals surface area contributed by atoms with Gasteiger partial charge in [-0.1, -0.05) is 36.4 Å². The molecule has 0 aliphatic rings. The number of amides is 1. The van der Waals surface area contributed by atoms with Crippen LogP contribution in [0.15, 0.2) is 78.9 Å². The monoisotopic (exact) mass is 362 g/mol. The zero-order valence-electron chi connectivity index (χ0n) is 15.4. The maximum atomic E-state index is 11.9. The van der Waals surface area contributed by atoms with Crippen LogP contribution < -0.4 is 14.8 Å². The van der Waals surface area contributed by atoms with Gasteiger partial charge in [0.05, 0.1) is 0 Å².